The topological polar surface area (TPSA) is 51.2 Å². The van der Waals surface area contributed by atoms with E-state index in [2.05, 4.69) is 27.8 Å². The number of carbonyl (C=O) groups excluding carboxylic acids is 1. The number of amides is 1. The molecular weight excluding hydrogens is 384 g/mol. The molecule has 1 atom stereocenters. The van der Waals surface area contributed by atoms with Crippen molar-refractivity contribution < 1.29 is 9.53 Å². The highest BCUT2D eigenvalue weighted by Gasteiger charge is 2.19. The number of aromatic nitrogens is 1. The van der Waals surface area contributed by atoms with Crippen molar-refractivity contribution >= 4 is 51.7 Å². The van der Waals surface area contributed by atoms with E-state index in [0.717, 1.165) is 20.7 Å². The van der Waals surface area contributed by atoms with E-state index in [1.807, 2.05) is 43.8 Å². The third kappa shape index (κ3) is 4.72. The fraction of sp³-hybridized carbons (Fsp3) is 0.263. The summed E-state index contributed by atoms with van der Waals surface area (Å²) in [5.74, 6) is 0.540. The molecule has 0 radical (unpaired) electrons. The summed E-state index contributed by atoms with van der Waals surface area (Å²) in [5.41, 5.74) is 1.53. The number of thioether (sulfide) groups is 2. The molecule has 0 bridgehead atoms. The van der Waals surface area contributed by atoms with Crippen LogP contribution in [0.15, 0.2) is 46.8 Å². The number of rotatable bonds is 7. The summed E-state index contributed by atoms with van der Waals surface area (Å²) in [4.78, 5) is 19.1. The molecule has 1 amide bonds. The Labute approximate surface area is 165 Å². The van der Waals surface area contributed by atoms with Crippen LogP contribution in [0, 0.1) is 6.92 Å². The van der Waals surface area contributed by atoms with Gasteiger partial charge < -0.3 is 10.1 Å². The van der Waals surface area contributed by atoms with E-state index in [4.69, 9.17) is 4.74 Å². The van der Waals surface area contributed by atoms with Gasteiger partial charge in [0.25, 0.3) is 5.91 Å². The molecule has 2 aromatic heterocycles. The number of fused-ring (bicyclic) bond motifs is 1. The maximum Gasteiger partial charge on any atom is 0.272 e. The lowest BCUT2D eigenvalue weighted by molar-refractivity contribution is -0.124. The van der Waals surface area contributed by atoms with Crippen molar-refractivity contribution in [3.05, 3.63) is 52.3 Å². The zero-order valence-electron chi connectivity index (χ0n) is 14.8. The smallest absolute Gasteiger partial charge is 0.272 e. The number of nitrogens with zero attached hydrogens (tertiary/aromatic N) is 1. The summed E-state index contributed by atoms with van der Waals surface area (Å²) in [6, 6.07) is 9.86. The molecule has 0 aliphatic heterocycles. The van der Waals surface area contributed by atoms with Crippen LogP contribution in [-0.4, -0.2) is 28.8 Å². The minimum Gasteiger partial charge on any atom is -0.470 e. The van der Waals surface area contributed by atoms with E-state index in [9.17, 15) is 4.79 Å². The van der Waals surface area contributed by atoms with Crippen LogP contribution >= 0.6 is 34.9 Å². The van der Waals surface area contributed by atoms with Crippen molar-refractivity contribution in [2.75, 3.05) is 12.5 Å². The first-order valence-corrected chi connectivity index (χ1v) is 11.4. The molecule has 0 fully saturated rings. The average molecular weight is 405 g/mol. The molecule has 26 heavy (non-hydrogen) atoms. The number of hydrogen-bond acceptors (Lipinski definition) is 6. The number of thiophene rings is 1. The number of nitrogens with one attached hydrogen (secondary N) is 1. The maximum absolute atomic E-state index is 12.5. The van der Waals surface area contributed by atoms with E-state index in [0.29, 0.717) is 12.3 Å². The summed E-state index contributed by atoms with van der Waals surface area (Å²) in [7, 11) is 0. The molecule has 1 aromatic carbocycles. The average Bonchev–Trinajstić information content (AvgIpc) is 3.08. The molecule has 0 aliphatic carbocycles. The van der Waals surface area contributed by atoms with Crippen molar-refractivity contribution in [1.82, 2.24) is 10.3 Å². The molecular formula is C19H20N2O2S3. The number of hydrogen-bond donors (Lipinski definition) is 1. The normalized spacial score (nSPS) is 12.1. The standard InChI is InChI=1S/C19H20N2O2S3/c1-12-6-16(26-11-12)10-21-18(22)19(25-3)23-14-4-5-17-13(7-14)8-15(24-2)9-20-17/h4-9,11,19H,10H2,1-3H3,(H,21,22). The van der Waals surface area contributed by atoms with Gasteiger partial charge in [-0.15, -0.1) is 34.9 Å². The van der Waals surface area contributed by atoms with Gasteiger partial charge in [0.1, 0.15) is 5.75 Å². The third-order valence-corrected chi connectivity index (χ3v) is 6.24. The summed E-state index contributed by atoms with van der Waals surface area (Å²) in [6.45, 7) is 2.57. The van der Waals surface area contributed by atoms with Crippen LogP contribution < -0.4 is 10.1 Å². The summed E-state index contributed by atoms with van der Waals surface area (Å²) in [5, 5.41) is 6.03. The predicted molar refractivity (Wildman–Crippen MR) is 112 cm³/mol. The summed E-state index contributed by atoms with van der Waals surface area (Å²) < 4.78 is 5.92. The van der Waals surface area contributed by atoms with E-state index in [1.165, 1.54) is 17.3 Å². The van der Waals surface area contributed by atoms with Gasteiger partial charge in [0.15, 0.2) is 0 Å². The summed E-state index contributed by atoms with van der Waals surface area (Å²) in [6.07, 6.45) is 5.75. The lowest BCUT2D eigenvalue weighted by atomic mass is 10.2. The summed E-state index contributed by atoms with van der Waals surface area (Å²) >= 11 is 4.67. The minimum absolute atomic E-state index is 0.125. The van der Waals surface area contributed by atoms with Crippen LogP contribution in [0.5, 0.6) is 5.75 Å². The van der Waals surface area contributed by atoms with Crippen LogP contribution in [0.2, 0.25) is 0 Å². The molecule has 3 aromatic rings. The molecule has 4 nitrogen and oxygen atoms in total. The highest BCUT2D eigenvalue weighted by Crippen LogP contribution is 2.25. The highest BCUT2D eigenvalue weighted by atomic mass is 32.2. The quantitative estimate of drug-likeness (QED) is 0.456. The van der Waals surface area contributed by atoms with E-state index < -0.39 is 5.44 Å². The second-order valence-corrected chi connectivity index (χ2v) is 8.50. The molecule has 2 heterocycles. The number of aryl methyl sites for hydroxylation is 1. The van der Waals surface area contributed by atoms with E-state index in [-0.39, 0.29) is 5.91 Å². The Balaban J connectivity index is 1.68. The number of pyridine rings is 1. The first kappa shape index (κ1) is 19.1. The fourth-order valence-corrected chi connectivity index (χ4v) is 4.17. The van der Waals surface area contributed by atoms with Crippen LogP contribution in [0.4, 0.5) is 0 Å². The number of benzene rings is 1. The molecule has 1 unspecified atom stereocenters. The Bertz CT molecular complexity index is 911. The maximum atomic E-state index is 12.5. The molecule has 0 spiro atoms. The first-order valence-electron chi connectivity index (χ1n) is 8.04. The molecule has 0 aliphatic rings. The Kier molecular flexibility index (Phi) is 6.45. The van der Waals surface area contributed by atoms with Gasteiger partial charge in [-0.25, -0.2) is 0 Å². The zero-order valence-corrected chi connectivity index (χ0v) is 17.3. The van der Waals surface area contributed by atoms with Gasteiger partial charge in [-0.3, -0.25) is 9.78 Å². The van der Waals surface area contributed by atoms with E-state index in [1.54, 1.807) is 23.1 Å². The van der Waals surface area contributed by atoms with Crippen molar-refractivity contribution in [2.45, 2.75) is 23.8 Å². The number of carbonyl (C=O) groups is 1. The first-order chi connectivity index (χ1) is 12.6. The Morgan fingerprint density at radius 2 is 2.15 bits per heavy atom. The van der Waals surface area contributed by atoms with Gasteiger partial charge in [0.05, 0.1) is 12.1 Å². The SMILES string of the molecule is CSc1cnc2ccc(OC(SC)C(=O)NCc3cc(C)cs3)cc2c1. The van der Waals surface area contributed by atoms with Gasteiger partial charge in [0.2, 0.25) is 5.44 Å². The molecule has 1 N–H and O–H groups in total. The third-order valence-electron chi connectivity index (χ3n) is 3.76. The Hall–Kier alpha value is -1.70. The lowest BCUT2D eigenvalue weighted by Gasteiger charge is -2.17. The van der Waals surface area contributed by atoms with Crippen molar-refractivity contribution in [3.63, 3.8) is 0 Å². The van der Waals surface area contributed by atoms with E-state index >= 15 is 0 Å². The molecule has 3 rings (SSSR count). The van der Waals surface area contributed by atoms with Crippen molar-refractivity contribution in [2.24, 2.45) is 0 Å². The monoisotopic (exact) mass is 404 g/mol. The van der Waals surface area contributed by atoms with Gasteiger partial charge in [0, 0.05) is 21.4 Å². The molecule has 136 valence electrons. The molecule has 0 saturated carbocycles. The largest absolute Gasteiger partial charge is 0.470 e. The second kappa shape index (κ2) is 8.79. The lowest BCUT2D eigenvalue weighted by Crippen LogP contribution is -2.35. The van der Waals surface area contributed by atoms with Crippen molar-refractivity contribution in [1.29, 1.82) is 0 Å². The van der Waals surface area contributed by atoms with Crippen LogP contribution in [-0.2, 0) is 11.3 Å². The van der Waals surface area contributed by atoms with Crippen LogP contribution in [0.1, 0.15) is 10.4 Å². The fourth-order valence-electron chi connectivity index (χ4n) is 2.45. The Morgan fingerprint density at radius 3 is 2.85 bits per heavy atom. The molecule has 7 heteroatoms. The zero-order chi connectivity index (χ0) is 18.5. The van der Waals surface area contributed by atoms with Gasteiger partial charge in [-0.1, -0.05) is 0 Å². The van der Waals surface area contributed by atoms with Gasteiger partial charge in [-0.2, -0.15) is 0 Å². The van der Waals surface area contributed by atoms with Gasteiger partial charge in [-0.05, 0) is 60.7 Å². The van der Waals surface area contributed by atoms with Crippen LogP contribution in [0.25, 0.3) is 10.9 Å². The Morgan fingerprint density at radius 1 is 1.31 bits per heavy atom. The van der Waals surface area contributed by atoms with Gasteiger partial charge >= 0.3 is 0 Å². The second-order valence-electron chi connectivity index (χ2n) is 5.72. The van der Waals surface area contributed by atoms with Crippen LogP contribution in [0.3, 0.4) is 0 Å². The highest BCUT2D eigenvalue weighted by molar-refractivity contribution is 7.99. The minimum atomic E-state index is -0.592. The van der Waals surface area contributed by atoms with Crippen molar-refractivity contribution in [3.8, 4) is 5.75 Å². The number of ether oxygens (including phenoxy) is 1. The predicted octanol–water partition coefficient (Wildman–Crippen LogP) is 4.71. The molecule has 0 saturated heterocycles.